The zero-order chi connectivity index (χ0) is 25.2. The van der Waals surface area contributed by atoms with Gasteiger partial charge in [-0.3, -0.25) is 9.59 Å². The minimum Gasteiger partial charge on any atom is -0.491 e. The predicted octanol–water partition coefficient (Wildman–Crippen LogP) is 6.16. The molecular weight excluding hydrogens is 480 g/mol. The number of thiophene rings is 1. The van der Waals surface area contributed by atoms with E-state index in [4.69, 9.17) is 16.3 Å². The number of halogens is 1. The van der Waals surface area contributed by atoms with Crippen LogP contribution in [0.25, 0.3) is 0 Å². The summed E-state index contributed by atoms with van der Waals surface area (Å²) >= 11 is 7.72. The molecule has 0 spiro atoms. The Bertz CT molecular complexity index is 1200. The third-order valence-electron chi connectivity index (χ3n) is 6.36. The Labute approximate surface area is 216 Å². The van der Waals surface area contributed by atoms with Crippen molar-refractivity contribution in [3.8, 4) is 5.75 Å². The Morgan fingerprint density at radius 3 is 2.51 bits per heavy atom. The molecule has 184 valence electrons. The van der Waals surface area contributed by atoms with Gasteiger partial charge in [0.25, 0.3) is 5.91 Å². The van der Waals surface area contributed by atoms with Crippen LogP contribution in [-0.2, 0) is 11.2 Å². The molecule has 0 bridgehead atoms. The van der Waals surface area contributed by atoms with Crippen LogP contribution in [0, 0.1) is 6.92 Å². The number of hydrogen-bond donors (Lipinski definition) is 0. The molecule has 1 atom stereocenters. The van der Waals surface area contributed by atoms with Crippen LogP contribution in [0.3, 0.4) is 0 Å². The zero-order valence-corrected chi connectivity index (χ0v) is 22.2. The summed E-state index contributed by atoms with van der Waals surface area (Å²) in [5.74, 6) is 0.491. The van der Waals surface area contributed by atoms with Gasteiger partial charge in [0.2, 0.25) is 5.91 Å². The fraction of sp³-hybridized carbons (Fsp3) is 0.357. The maximum atomic E-state index is 13.7. The van der Waals surface area contributed by atoms with Crippen molar-refractivity contribution < 1.29 is 14.3 Å². The van der Waals surface area contributed by atoms with Gasteiger partial charge in [-0.05, 0) is 87.0 Å². The fourth-order valence-electron chi connectivity index (χ4n) is 4.38. The van der Waals surface area contributed by atoms with Gasteiger partial charge in [0.05, 0.1) is 6.04 Å². The van der Waals surface area contributed by atoms with Gasteiger partial charge >= 0.3 is 0 Å². The molecule has 0 N–H and O–H groups in total. The van der Waals surface area contributed by atoms with E-state index < -0.39 is 5.54 Å². The van der Waals surface area contributed by atoms with E-state index in [1.807, 2.05) is 69.0 Å². The summed E-state index contributed by atoms with van der Waals surface area (Å²) < 4.78 is 6.08. The summed E-state index contributed by atoms with van der Waals surface area (Å²) in [6, 6.07) is 16.6. The second-order valence-corrected chi connectivity index (χ2v) is 11.2. The van der Waals surface area contributed by atoms with Crippen LogP contribution in [0.4, 0.5) is 0 Å². The average molecular weight is 511 g/mol. The molecule has 1 aliphatic rings. The molecule has 3 aromatic rings. The molecule has 0 saturated heterocycles. The predicted molar refractivity (Wildman–Crippen MR) is 141 cm³/mol. The molecule has 35 heavy (non-hydrogen) atoms. The third kappa shape index (κ3) is 5.71. The number of amides is 2. The monoisotopic (exact) mass is 510 g/mol. The maximum absolute atomic E-state index is 13.7. The van der Waals surface area contributed by atoms with Crippen LogP contribution in [0.5, 0.6) is 5.75 Å². The molecule has 1 aliphatic heterocycles. The second kappa shape index (κ2) is 10.4. The van der Waals surface area contributed by atoms with Crippen molar-refractivity contribution >= 4 is 34.8 Å². The van der Waals surface area contributed by atoms with E-state index >= 15 is 0 Å². The summed E-state index contributed by atoms with van der Waals surface area (Å²) in [5.41, 5.74) is 2.12. The number of hydrogen-bond acceptors (Lipinski definition) is 4. The molecule has 1 aromatic heterocycles. The highest BCUT2D eigenvalue weighted by atomic mass is 35.5. The van der Waals surface area contributed by atoms with Crippen LogP contribution >= 0.6 is 22.9 Å². The van der Waals surface area contributed by atoms with E-state index in [9.17, 15) is 9.59 Å². The number of benzene rings is 2. The van der Waals surface area contributed by atoms with Crippen LogP contribution in [0.1, 0.15) is 53.2 Å². The first-order valence-electron chi connectivity index (χ1n) is 11.8. The Morgan fingerprint density at radius 2 is 1.83 bits per heavy atom. The molecular formula is C28H31ClN2O3S. The van der Waals surface area contributed by atoms with Crippen molar-refractivity contribution in [2.24, 2.45) is 0 Å². The van der Waals surface area contributed by atoms with Gasteiger partial charge in [0.1, 0.15) is 18.9 Å². The van der Waals surface area contributed by atoms with Gasteiger partial charge in [0.15, 0.2) is 0 Å². The summed E-state index contributed by atoms with van der Waals surface area (Å²) in [6.45, 7) is 8.74. The van der Waals surface area contributed by atoms with E-state index in [2.05, 4.69) is 11.4 Å². The molecule has 4 rings (SSSR count). The standard InChI is InChI=1S/C28H31ClN2O3S/c1-19-7-5-6-8-22(19)27(33)31(28(2,3)4)17-26(32)30-15-13-25-23(14-16-35-25)24(30)18-34-21-11-9-20(29)10-12-21/h5-12,14,16,24H,13,15,17-18H2,1-4H3/t24-/m1/s1. The van der Waals surface area contributed by atoms with Crippen molar-refractivity contribution in [3.05, 3.63) is 86.6 Å². The molecule has 2 heterocycles. The third-order valence-corrected chi connectivity index (χ3v) is 7.61. The lowest BCUT2D eigenvalue weighted by Crippen LogP contribution is -2.53. The van der Waals surface area contributed by atoms with Gasteiger partial charge in [-0.15, -0.1) is 11.3 Å². The lowest BCUT2D eigenvalue weighted by Gasteiger charge is -2.40. The van der Waals surface area contributed by atoms with Crippen LogP contribution in [0.2, 0.25) is 5.02 Å². The molecule has 2 amide bonds. The fourth-order valence-corrected chi connectivity index (χ4v) is 5.43. The highest BCUT2D eigenvalue weighted by molar-refractivity contribution is 7.10. The van der Waals surface area contributed by atoms with Gasteiger partial charge in [0, 0.05) is 27.5 Å². The number of ether oxygens (including phenoxy) is 1. The topological polar surface area (TPSA) is 49.9 Å². The summed E-state index contributed by atoms with van der Waals surface area (Å²) in [4.78, 5) is 32.1. The Hall–Kier alpha value is -2.83. The lowest BCUT2D eigenvalue weighted by atomic mass is 9.99. The molecule has 0 fully saturated rings. The van der Waals surface area contributed by atoms with E-state index in [1.165, 1.54) is 4.88 Å². The number of aryl methyl sites for hydroxylation is 1. The first kappa shape index (κ1) is 25.3. The molecule has 0 radical (unpaired) electrons. The van der Waals surface area contributed by atoms with E-state index in [1.54, 1.807) is 28.4 Å². The average Bonchev–Trinajstić information content (AvgIpc) is 3.30. The quantitative estimate of drug-likeness (QED) is 0.399. The van der Waals surface area contributed by atoms with Crippen LogP contribution in [-0.4, -0.2) is 46.8 Å². The number of rotatable bonds is 6. The van der Waals surface area contributed by atoms with E-state index in [0.29, 0.717) is 29.5 Å². The Kier molecular flexibility index (Phi) is 7.53. The highest BCUT2D eigenvalue weighted by Gasteiger charge is 2.36. The minimum atomic E-state index is -0.520. The minimum absolute atomic E-state index is 0.00752. The van der Waals surface area contributed by atoms with Crippen molar-refractivity contribution in [2.45, 2.75) is 45.7 Å². The van der Waals surface area contributed by atoms with Crippen molar-refractivity contribution in [1.82, 2.24) is 9.80 Å². The first-order valence-corrected chi connectivity index (χ1v) is 13.0. The Morgan fingerprint density at radius 1 is 1.11 bits per heavy atom. The van der Waals surface area contributed by atoms with Crippen molar-refractivity contribution in [1.29, 1.82) is 0 Å². The summed E-state index contributed by atoms with van der Waals surface area (Å²) in [7, 11) is 0. The molecule has 0 saturated carbocycles. The second-order valence-electron chi connectivity index (χ2n) is 9.79. The smallest absolute Gasteiger partial charge is 0.255 e. The van der Waals surface area contributed by atoms with Crippen LogP contribution < -0.4 is 4.74 Å². The summed E-state index contributed by atoms with van der Waals surface area (Å²) in [6.07, 6.45) is 0.803. The number of carbonyl (C=O) groups excluding carboxylic acids is 2. The van der Waals surface area contributed by atoms with Gasteiger partial charge < -0.3 is 14.5 Å². The van der Waals surface area contributed by atoms with E-state index in [0.717, 1.165) is 17.5 Å². The molecule has 0 aliphatic carbocycles. The lowest BCUT2D eigenvalue weighted by molar-refractivity contribution is -0.136. The van der Waals surface area contributed by atoms with Gasteiger partial charge in [-0.25, -0.2) is 0 Å². The number of nitrogens with zero attached hydrogens (tertiary/aromatic N) is 2. The molecule has 7 heteroatoms. The summed E-state index contributed by atoms with van der Waals surface area (Å²) in [5, 5.41) is 2.71. The van der Waals surface area contributed by atoms with Crippen molar-refractivity contribution in [3.63, 3.8) is 0 Å². The zero-order valence-electron chi connectivity index (χ0n) is 20.6. The number of fused-ring (bicyclic) bond motifs is 1. The normalized spacial score (nSPS) is 15.5. The molecule has 2 aromatic carbocycles. The molecule has 0 unspecified atom stereocenters. The van der Waals surface area contributed by atoms with Crippen LogP contribution in [0.15, 0.2) is 60.0 Å². The van der Waals surface area contributed by atoms with E-state index in [-0.39, 0.29) is 24.4 Å². The van der Waals surface area contributed by atoms with Crippen molar-refractivity contribution in [2.75, 3.05) is 19.7 Å². The maximum Gasteiger partial charge on any atom is 0.255 e. The van der Waals surface area contributed by atoms with Gasteiger partial charge in [-0.2, -0.15) is 0 Å². The first-order chi connectivity index (χ1) is 16.6. The Balaban J connectivity index is 1.57. The molecule has 5 nitrogen and oxygen atoms in total. The largest absolute Gasteiger partial charge is 0.491 e. The SMILES string of the molecule is Cc1ccccc1C(=O)N(CC(=O)N1CCc2sccc2[C@H]1COc1ccc(Cl)cc1)C(C)(C)C. The number of carbonyl (C=O) groups is 2. The van der Waals surface area contributed by atoms with Gasteiger partial charge in [-0.1, -0.05) is 29.8 Å². The highest BCUT2D eigenvalue weighted by Crippen LogP contribution is 2.34.